The highest BCUT2D eigenvalue weighted by Gasteiger charge is 2.41. The third-order valence-electron chi connectivity index (χ3n) is 7.92. The molecule has 0 amide bonds. The van der Waals surface area contributed by atoms with E-state index in [2.05, 4.69) is 17.0 Å². The van der Waals surface area contributed by atoms with Crippen LogP contribution in [0.25, 0.3) is 0 Å². The van der Waals surface area contributed by atoms with E-state index in [-0.39, 0.29) is 17.8 Å². The molecule has 0 aliphatic carbocycles. The fourth-order valence-corrected chi connectivity index (χ4v) is 5.48. The Labute approximate surface area is 257 Å². The molecule has 240 valence electrons. The summed E-state index contributed by atoms with van der Waals surface area (Å²) < 4.78 is 44.1. The highest BCUT2D eigenvalue weighted by molar-refractivity contribution is 5.98. The Hall–Kier alpha value is -4.91. The summed E-state index contributed by atoms with van der Waals surface area (Å²) in [6, 6.07) is 8.90. The van der Waals surface area contributed by atoms with Crippen LogP contribution >= 0.6 is 0 Å². The van der Waals surface area contributed by atoms with Gasteiger partial charge in [-0.1, -0.05) is 24.3 Å². The zero-order chi connectivity index (χ0) is 33.6. The van der Waals surface area contributed by atoms with Gasteiger partial charge in [0, 0.05) is 67.8 Å². The van der Waals surface area contributed by atoms with Gasteiger partial charge in [0.05, 0.1) is 17.1 Å². The molecule has 13 heteroatoms. The van der Waals surface area contributed by atoms with E-state index in [9.17, 15) is 38.2 Å². The molecular weight excluding hydrogens is 597 g/mol. The summed E-state index contributed by atoms with van der Waals surface area (Å²) >= 11 is 0. The monoisotopic (exact) mass is 630 g/mol. The Balaban J connectivity index is 0.000000610. The molecule has 0 bridgehead atoms. The molecule has 2 aromatic rings. The van der Waals surface area contributed by atoms with Crippen LogP contribution in [-0.4, -0.2) is 80.8 Å². The van der Waals surface area contributed by atoms with E-state index in [0.29, 0.717) is 24.8 Å². The van der Waals surface area contributed by atoms with E-state index in [4.69, 9.17) is 10.2 Å². The lowest BCUT2D eigenvalue weighted by Crippen LogP contribution is -2.36. The van der Waals surface area contributed by atoms with Gasteiger partial charge in [-0.25, -0.2) is 32.3 Å². The second kappa shape index (κ2) is 14.7. The van der Waals surface area contributed by atoms with Gasteiger partial charge in [-0.05, 0) is 43.9 Å². The predicted octanol–water partition coefficient (Wildman–Crippen LogP) is 4.34. The van der Waals surface area contributed by atoms with Gasteiger partial charge in [0.25, 0.3) is 0 Å². The van der Waals surface area contributed by atoms with E-state index >= 15 is 4.39 Å². The number of nitrogens with zero attached hydrogens (tertiary/aromatic N) is 2. The molecule has 1 unspecified atom stereocenters. The van der Waals surface area contributed by atoms with Crippen LogP contribution in [0.15, 0.2) is 65.0 Å². The van der Waals surface area contributed by atoms with Crippen LogP contribution in [0.5, 0.6) is 0 Å². The minimum Gasteiger partial charge on any atom is -0.478 e. The van der Waals surface area contributed by atoms with Gasteiger partial charge in [-0.2, -0.15) is 0 Å². The fraction of sp³-hybridized carbons (Fsp3) is 0.312. The molecule has 0 radical (unpaired) electrons. The third kappa shape index (κ3) is 7.98. The molecule has 0 aromatic heterocycles. The number of benzene rings is 2. The Kier molecular flexibility index (Phi) is 11.3. The van der Waals surface area contributed by atoms with Crippen LogP contribution < -0.4 is 0 Å². The lowest BCUT2D eigenvalue weighted by molar-refractivity contribution is -0.134. The molecule has 0 spiro atoms. The molecule has 2 aliphatic rings. The normalized spacial score (nSPS) is 17.0. The second-order valence-electron chi connectivity index (χ2n) is 10.5. The molecule has 0 fully saturated rings. The van der Waals surface area contributed by atoms with Crippen molar-refractivity contribution in [3.05, 3.63) is 105 Å². The lowest BCUT2D eigenvalue weighted by Gasteiger charge is -2.37. The maximum atomic E-state index is 15.1. The van der Waals surface area contributed by atoms with E-state index in [1.165, 1.54) is 23.0 Å². The van der Waals surface area contributed by atoms with Crippen LogP contribution in [0.3, 0.4) is 0 Å². The van der Waals surface area contributed by atoms with Crippen LogP contribution in [0.4, 0.5) is 13.2 Å². The Bertz CT molecular complexity index is 1570. The fourth-order valence-electron chi connectivity index (χ4n) is 5.48. The first-order valence-electron chi connectivity index (χ1n) is 13.9. The molecule has 2 aromatic carbocycles. The average Bonchev–Trinajstić information content (AvgIpc) is 3.19. The first-order chi connectivity index (χ1) is 21.1. The van der Waals surface area contributed by atoms with Gasteiger partial charge >= 0.3 is 23.9 Å². The summed E-state index contributed by atoms with van der Waals surface area (Å²) in [7, 11) is 1.55. The Morgan fingerprint density at radius 3 is 1.82 bits per heavy atom. The van der Waals surface area contributed by atoms with Crippen LogP contribution in [0.1, 0.15) is 41.5 Å². The number of carboxylic acid groups (broad SMARTS) is 4. The summed E-state index contributed by atoms with van der Waals surface area (Å²) in [5.74, 6) is -11.2. The maximum Gasteiger partial charge on any atom is 0.334 e. The van der Waals surface area contributed by atoms with Gasteiger partial charge < -0.3 is 30.2 Å². The number of rotatable bonds is 8. The number of halogens is 3. The molecular formula is C32H33F3N2O8. The standard InChI is InChI=1S/C28H29F3N2O4.C4H4O4/c1-15-20(29)14-19(26(31)25(15)30)23-22(27(34)35)16(2)32(3)21(24(23)28(36)37)10-13-33-11-8-17-6-4-5-7-18(17)9-12-33;5-3(6)1-2-4(7)8/h4-7,14,23H,8-13H2,1-3H3,(H,34,35)(H,36,37);1-2H,(H,5,6)(H,7,8)/b;2-1+. The minimum absolute atomic E-state index is 0.182. The lowest BCUT2D eigenvalue weighted by atomic mass is 9.78. The van der Waals surface area contributed by atoms with Crippen molar-refractivity contribution in [1.82, 2.24) is 9.80 Å². The largest absolute Gasteiger partial charge is 0.478 e. The maximum absolute atomic E-state index is 15.1. The number of allylic oxidation sites excluding steroid dienone is 1. The zero-order valence-corrected chi connectivity index (χ0v) is 24.8. The molecule has 1 atom stereocenters. The van der Waals surface area contributed by atoms with Crippen molar-refractivity contribution >= 4 is 23.9 Å². The van der Waals surface area contributed by atoms with Gasteiger partial charge in [-0.3, -0.25) is 0 Å². The predicted molar refractivity (Wildman–Crippen MR) is 156 cm³/mol. The topological polar surface area (TPSA) is 156 Å². The number of hydrogen-bond donors (Lipinski definition) is 4. The van der Waals surface area contributed by atoms with Gasteiger partial charge in [0.15, 0.2) is 11.6 Å². The summed E-state index contributed by atoms with van der Waals surface area (Å²) in [6.07, 6.45) is 3.03. The first kappa shape index (κ1) is 34.6. The zero-order valence-electron chi connectivity index (χ0n) is 24.8. The number of carboxylic acids is 4. The van der Waals surface area contributed by atoms with Crippen molar-refractivity contribution in [2.75, 3.05) is 26.7 Å². The summed E-state index contributed by atoms with van der Waals surface area (Å²) in [4.78, 5) is 47.6. The summed E-state index contributed by atoms with van der Waals surface area (Å²) in [5, 5.41) is 35.8. The third-order valence-corrected chi connectivity index (χ3v) is 7.92. The van der Waals surface area contributed by atoms with E-state index in [1.54, 1.807) is 7.05 Å². The molecule has 10 nitrogen and oxygen atoms in total. The smallest absolute Gasteiger partial charge is 0.334 e. The second-order valence-corrected chi connectivity index (χ2v) is 10.5. The number of fused-ring (bicyclic) bond motifs is 1. The SMILES string of the molecule is CC1=C(C(=O)O)C(c2cc(F)c(C)c(F)c2F)C(C(=O)O)=C(CCN2CCc3ccccc3CC2)N1C.O=C(O)/C=C/C(=O)O. The highest BCUT2D eigenvalue weighted by Crippen LogP contribution is 2.44. The van der Waals surface area contributed by atoms with E-state index < -0.39 is 69.5 Å². The van der Waals surface area contributed by atoms with Crippen LogP contribution in [0.2, 0.25) is 0 Å². The van der Waals surface area contributed by atoms with E-state index in [1.807, 2.05) is 12.1 Å². The molecule has 2 heterocycles. The summed E-state index contributed by atoms with van der Waals surface area (Å²) in [6.45, 7) is 4.54. The quantitative estimate of drug-likeness (QED) is 0.245. The number of carbonyl (C=O) groups is 4. The van der Waals surface area contributed by atoms with Gasteiger partial charge in [-0.15, -0.1) is 0 Å². The van der Waals surface area contributed by atoms with Gasteiger partial charge in [0.1, 0.15) is 5.82 Å². The van der Waals surface area contributed by atoms with Gasteiger partial charge in [0.2, 0.25) is 0 Å². The van der Waals surface area contributed by atoms with Crippen LogP contribution in [0, 0.1) is 24.4 Å². The van der Waals surface area contributed by atoms with Crippen LogP contribution in [-0.2, 0) is 32.0 Å². The summed E-state index contributed by atoms with van der Waals surface area (Å²) in [5.41, 5.74) is 0.966. The molecule has 45 heavy (non-hydrogen) atoms. The van der Waals surface area contributed by atoms with E-state index in [0.717, 1.165) is 32.9 Å². The van der Waals surface area contributed by atoms with Crippen molar-refractivity contribution in [1.29, 1.82) is 0 Å². The highest BCUT2D eigenvalue weighted by atomic mass is 19.2. The van der Waals surface area contributed by atoms with Crippen molar-refractivity contribution in [2.45, 2.75) is 39.0 Å². The Morgan fingerprint density at radius 2 is 1.36 bits per heavy atom. The molecule has 2 aliphatic heterocycles. The first-order valence-corrected chi connectivity index (χ1v) is 13.9. The Morgan fingerprint density at radius 1 is 0.844 bits per heavy atom. The van der Waals surface area contributed by atoms with Crippen molar-refractivity contribution in [3.8, 4) is 0 Å². The molecule has 4 rings (SSSR count). The number of aliphatic carboxylic acids is 4. The van der Waals surface area contributed by atoms with Crippen molar-refractivity contribution in [3.63, 3.8) is 0 Å². The molecule has 4 N–H and O–H groups in total. The number of hydrogen-bond acceptors (Lipinski definition) is 6. The minimum atomic E-state index is -1.68. The molecule has 0 saturated carbocycles. The average molecular weight is 631 g/mol. The molecule has 0 saturated heterocycles. The van der Waals surface area contributed by atoms with Crippen molar-refractivity contribution < 1.29 is 52.8 Å². The van der Waals surface area contributed by atoms with Crippen molar-refractivity contribution in [2.24, 2.45) is 0 Å².